The Morgan fingerprint density at radius 2 is 0.875 bits per heavy atom. The van der Waals surface area contributed by atoms with Crippen molar-refractivity contribution in [2.75, 3.05) is 41.7 Å². The first-order valence-electron chi connectivity index (χ1n) is 25.1. The summed E-state index contributed by atoms with van der Waals surface area (Å²) in [6.07, 6.45) is 21.6. The van der Waals surface area contributed by atoms with E-state index >= 15 is 0 Å². The van der Waals surface area contributed by atoms with Crippen LogP contribution in [0, 0.1) is 39.4 Å². The zero-order valence-electron chi connectivity index (χ0n) is 42.5. The predicted octanol–water partition coefficient (Wildman–Crippen LogP) is 14.7. The Hall–Kier alpha value is -3.68. The van der Waals surface area contributed by atoms with Crippen molar-refractivity contribution in [3.63, 3.8) is 0 Å². The molecule has 0 saturated heterocycles. The van der Waals surface area contributed by atoms with E-state index in [-0.39, 0.29) is 46.7 Å². The molecule has 6 aliphatic carbocycles. The first kappa shape index (κ1) is 49.7. The normalized spacial score (nSPS) is 24.1. The lowest BCUT2D eigenvalue weighted by atomic mass is 9.45. The van der Waals surface area contributed by atoms with E-state index < -0.39 is 0 Å². The van der Waals surface area contributed by atoms with Gasteiger partial charge in [-0.15, -0.1) is 0 Å². The largest absolute Gasteiger partial charge is 0.496 e. The van der Waals surface area contributed by atoms with Crippen LogP contribution in [0.1, 0.15) is 193 Å². The first-order valence-corrected chi connectivity index (χ1v) is 25.1. The molecule has 0 radical (unpaired) electrons. The van der Waals surface area contributed by atoms with Crippen LogP contribution in [-0.2, 0) is 20.5 Å². The van der Waals surface area contributed by atoms with Crippen molar-refractivity contribution >= 4 is 0 Å². The Bertz CT molecular complexity index is 1800. The molecule has 4 bridgehead atoms. The third kappa shape index (κ3) is 10.0. The molecule has 8 heteroatoms. The summed E-state index contributed by atoms with van der Waals surface area (Å²) >= 11 is 0. The molecule has 356 valence electrons. The molecule has 2 saturated carbocycles. The Labute approximate surface area is 388 Å². The third-order valence-electron chi connectivity index (χ3n) is 17.0. The minimum atomic E-state index is -0.00865. The minimum Gasteiger partial charge on any atom is -0.496 e. The molecular formula is C56H86NO7+. The topological polar surface area (TPSA) is 75.5 Å². The number of fused-ring (bicyclic) bond motifs is 2. The lowest BCUT2D eigenvalue weighted by molar-refractivity contribution is -0.979. The fourth-order valence-electron chi connectivity index (χ4n) is 12.4. The number of allylic oxidation sites excluding steroid dienone is 2. The van der Waals surface area contributed by atoms with Gasteiger partial charge in [0.2, 0.25) is 0 Å². The van der Waals surface area contributed by atoms with Crippen LogP contribution in [0.15, 0.2) is 47.6 Å². The molecule has 2 aromatic carbocycles. The van der Waals surface area contributed by atoms with Gasteiger partial charge in [-0.3, -0.25) is 0 Å². The van der Waals surface area contributed by atoms with Gasteiger partial charge < -0.3 is 18.9 Å². The maximum absolute atomic E-state index is 13.4. The molecule has 0 unspecified atom stereocenters. The van der Waals surface area contributed by atoms with Crippen LogP contribution in [0.3, 0.4) is 0 Å². The highest BCUT2D eigenvalue weighted by atomic mass is 17.0. The lowest BCUT2D eigenvalue weighted by Gasteiger charge is -2.59. The van der Waals surface area contributed by atoms with E-state index in [0.29, 0.717) is 28.8 Å². The molecule has 0 aliphatic heterocycles. The second-order valence-electron chi connectivity index (χ2n) is 22.4. The molecule has 0 amide bonds. The van der Waals surface area contributed by atoms with Crippen LogP contribution < -0.4 is 18.9 Å². The van der Waals surface area contributed by atoms with E-state index in [4.69, 9.17) is 28.6 Å². The van der Waals surface area contributed by atoms with Crippen molar-refractivity contribution in [2.24, 2.45) is 34.5 Å². The van der Waals surface area contributed by atoms with Gasteiger partial charge in [0.1, 0.15) is 27.9 Å². The second kappa shape index (κ2) is 20.5. The smallest absolute Gasteiger partial charge is 0.478 e. The molecule has 2 aromatic rings. The lowest BCUT2D eigenvalue weighted by Crippen LogP contribution is -2.52. The standard InChI is InChI=1S/C56H86NO7/c1-15-17-19-21-23-25-53(3,4)39-29-47(59-11)51(48(30-39)60-12)41-27-37(43-33-45(41)55(43,7)8)35-63-57(58)64-36-38-28-42(46-34-44(38)56(46,9)10)52-49(61-13)31-40(32-50(52)62-14)54(5,6)26-24-22-20-18-16-2/h27-32,41-46H,15-26,33-36H2,1-14H3/q+1/t41-,42-,43-,44-,45-,46-/m0/s1. The average molecular weight is 885 g/mol. The van der Waals surface area contributed by atoms with E-state index in [1.807, 2.05) is 0 Å². The predicted molar refractivity (Wildman–Crippen MR) is 260 cm³/mol. The van der Waals surface area contributed by atoms with Crippen molar-refractivity contribution in [3.8, 4) is 23.0 Å². The molecule has 64 heavy (non-hydrogen) atoms. The molecule has 0 heterocycles. The molecule has 8 nitrogen and oxygen atoms in total. The van der Waals surface area contributed by atoms with Crippen molar-refractivity contribution < 1.29 is 33.7 Å². The summed E-state index contributed by atoms with van der Waals surface area (Å²) in [4.78, 5) is 25.3. The second-order valence-corrected chi connectivity index (χ2v) is 22.4. The fourth-order valence-corrected chi connectivity index (χ4v) is 12.4. The van der Waals surface area contributed by atoms with E-state index in [1.165, 1.54) is 75.3 Å². The summed E-state index contributed by atoms with van der Waals surface area (Å²) in [7, 11) is 7.09. The molecule has 6 atom stereocenters. The number of benzene rings is 2. The first-order chi connectivity index (χ1) is 30.4. The van der Waals surface area contributed by atoms with Crippen molar-refractivity contribution in [1.82, 2.24) is 0 Å². The SMILES string of the molecule is CCCCCCCC(C)(C)c1cc(OC)c([C@H]2C=C(CO[N+](=O)OCC3=C[C@H](c4c(OC)cc(C(C)(C)CCCCCCC)cc4OC)[C@@H]4C[C@@H]3C4(C)C)[C@@H]3C[C@@H]2C3(C)C)c(OC)c1. The van der Waals surface area contributed by atoms with E-state index in [9.17, 15) is 4.91 Å². The average Bonchev–Trinajstić information content (AvgIpc) is 3.28. The van der Waals surface area contributed by atoms with Gasteiger partial charge in [-0.25, -0.2) is 0 Å². The van der Waals surface area contributed by atoms with Gasteiger partial charge in [0.25, 0.3) is 0 Å². The Morgan fingerprint density at radius 1 is 0.547 bits per heavy atom. The number of methoxy groups -OCH3 is 4. The third-order valence-corrected chi connectivity index (χ3v) is 17.0. The van der Waals surface area contributed by atoms with Crippen LogP contribution in [-0.4, -0.2) is 46.7 Å². The quantitative estimate of drug-likeness (QED) is 0.0529. The maximum Gasteiger partial charge on any atom is 0.478 e. The van der Waals surface area contributed by atoms with E-state index in [0.717, 1.165) is 71.0 Å². The summed E-state index contributed by atoms with van der Waals surface area (Å²) in [6.45, 7) is 23.6. The number of ether oxygens (including phenoxy) is 4. The molecule has 8 rings (SSSR count). The van der Waals surface area contributed by atoms with Gasteiger partial charge in [-0.2, -0.15) is 9.68 Å². The van der Waals surface area contributed by atoms with Crippen molar-refractivity contribution in [2.45, 2.75) is 182 Å². The molecular weight excluding hydrogens is 799 g/mol. The summed E-state index contributed by atoms with van der Waals surface area (Å²) < 4.78 is 24.7. The monoisotopic (exact) mass is 885 g/mol. The zero-order chi connectivity index (χ0) is 46.6. The van der Waals surface area contributed by atoms with Crippen LogP contribution in [0.5, 0.6) is 23.0 Å². The van der Waals surface area contributed by atoms with Gasteiger partial charge in [0.15, 0.2) is 13.2 Å². The molecule has 0 N–H and O–H groups in total. The van der Waals surface area contributed by atoms with Crippen LogP contribution in [0.25, 0.3) is 0 Å². The van der Waals surface area contributed by atoms with Gasteiger partial charge in [0, 0.05) is 23.0 Å². The highest BCUT2D eigenvalue weighted by molar-refractivity contribution is 5.56. The number of unbranched alkanes of at least 4 members (excludes halogenated alkanes) is 8. The molecule has 0 aromatic heterocycles. The van der Waals surface area contributed by atoms with Crippen LogP contribution >= 0.6 is 0 Å². The number of rotatable bonds is 26. The van der Waals surface area contributed by atoms with Crippen molar-refractivity contribution in [3.05, 3.63) is 74.7 Å². The van der Waals surface area contributed by atoms with Gasteiger partial charge in [-0.1, -0.05) is 146 Å². The van der Waals surface area contributed by atoms with Crippen LogP contribution in [0.4, 0.5) is 0 Å². The summed E-state index contributed by atoms with van der Waals surface area (Å²) in [5.41, 5.74) is 6.95. The van der Waals surface area contributed by atoms with E-state index in [2.05, 4.69) is 106 Å². The fraction of sp³-hybridized carbons (Fsp3) is 0.714. The van der Waals surface area contributed by atoms with E-state index in [1.54, 1.807) is 28.4 Å². The summed E-state index contributed by atoms with van der Waals surface area (Å²) in [5, 5.41) is 0.349. The zero-order valence-corrected chi connectivity index (χ0v) is 42.5. The summed E-state index contributed by atoms with van der Waals surface area (Å²) in [6, 6.07) is 8.98. The highest BCUT2D eigenvalue weighted by Gasteiger charge is 2.58. The van der Waals surface area contributed by atoms with Gasteiger partial charge in [0.05, 0.1) is 28.4 Å². The Morgan fingerprint density at radius 3 is 1.17 bits per heavy atom. The molecule has 6 aliphatic rings. The van der Waals surface area contributed by atoms with Crippen LogP contribution in [0.2, 0.25) is 0 Å². The summed E-state index contributed by atoms with van der Waals surface area (Å²) in [5.74, 6) is 5.10. The Kier molecular flexibility index (Phi) is 15.9. The minimum absolute atomic E-state index is 0.00865. The molecule has 2 fully saturated rings. The number of nitrogens with zero attached hydrogens (tertiary/aromatic N) is 1. The number of hydrogen-bond acceptors (Lipinski definition) is 7. The molecule has 0 spiro atoms. The highest BCUT2D eigenvalue weighted by Crippen LogP contribution is 2.66. The Balaban J connectivity index is 1.17. The van der Waals surface area contributed by atoms with Gasteiger partial charge >= 0.3 is 5.09 Å². The van der Waals surface area contributed by atoms with Crippen molar-refractivity contribution in [1.29, 1.82) is 0 Å². The van der Waals surface area contributed by atoms with Gasteiger partial charge in [-0.05, 0) is 118 Å². The maximum atomic E-state index is 13.4. The number of hydrogen-bond donors (Lipinski definition) is 0.